The molecule has 8 nitrogen and oxygen atoms in total. The molecule has 0 radical (unpaired) electrons. The number of carbonyl (C=O) groups excluding carboxylic acids is 1. The summed E-state index contributed by atoms with van der Waals surface area (Å²) >= 11 is 3.72. The Kier molecular flexibility index (Phi) is 11.2. The summed E-state index contributed by atoms with van der Waals surface area (Å²) in [6.07, 6.45) is 4.10. The highest BCUT2D eigenvalue weighted by Crippen LogP contribution is 2.24. The maximum Gasteiger partial charge on any atom is 0.251 e. The predicted octanol–water partition coefficient (Wildman–Crippen LogP) is 5.89. The molecule has 0 spiro atoms. The first-order valence-corrected chi connectivity index (χ1v) is 15.7. The van der Waals surface area contributed by atoms with Crippen LogP contribution in [0.5, 0.6) is 0 Å². The largest absolute Gasteiger partial charge is 0.755 e. The quantitative estimate of drug-likeness (QED) is 0.161. The monoisotopic (exact) mass is 621 g/mol. The molecule has 4 rings (SSSR count). The van der Waals surface area contributed by atoms with Crippen molar-refractivity contribution in [2.24, 2.45) is 5.41 Å². The van der Waals surface area contributed by atoms with Crippen LogP contribution in [-0.4, -0.2) is 48.9 Å². The summed E-state index contributed by atoms with van der Waals surface area (Å²) < 4.78 is 25.1. The number of nitrogens with zero attached hydrogens (tertiary/aromatic N) is 2. The van der Waals surface area contributed by atoms with Crippen LogP contribution in [-0.2, 0) is 30.5 Å². The Morgan fingerprint density at radius 3 is 2.42 bits per heavy atom. The summed E-state index contributed by atoms with van der Waals surface area (Å²) in [4.78, 5) is 21.0. The topological polar surface area (TPSA) is 121 Å². The summed E-state index contributed by atoms with van der Waals surface area (Å²) in [5.41, 5.74) is 4.85. The lowest BCUT2D eigenvalue weighted by Gasteiger charge is -2.27. The molecule has 1 amide bonds. The maximum atomic E-state index is 13.1. The molecule has 2 unspecified atom stereocenters. The molecule has 3 N–H and O–H groups in total. The number of benzene rings is 3. The van der Waals surface area contributed by atoms with Gasteiger partial charge in [-0.2, -0.15) is 0 Å². The highest BCUT2D eigenvalue weighted by molar-refractivity contribution is 7.80. The van der Waals surface area contributed by atoms with Crippen molar-refractivity contribution in [3.05, 3.63) is 107 Å². The Bertz CT molecular complexity index is 1520. The van der Waals surface area contributed by atoms with Gasteiger partial charge >= 0.3 is 0 Å². The molecule has 0 aliphatic heterocycles. The van der Waals surface area contributed by atoms with Crippen molar-refractivity contribution in [2.45, 2.75) is 52.5 Å². The van der Waals surface area contributed by atoms with Gasteiger partial charge in [0, 0.05) is 53.2 Å². The molecule has 1 aromatic heterocycles. The maximum absolute atomic E-state index is 13.1. The number of imidazole rings is 1. The second-order valence-corrected chi connectivity index (χ2v) is 13.1. The van der Waals surface area contributed by atoms with E-state index in [1.165, 1.54) is 4.31 Å². The Morgan fingerprint density at radius 1 is 1.09 bits per heavy atom. The molecule has 0 saturated heterocycles. The molecule has 10 heteroatoms. The molecule has 0 aliphatic rings. The minimum atomic E-state index is -2.50. The van der Waals surface area contributed by atoms with E-state index in [-0.39, 0.29) is 30.5 Å². The number of halogens is 1. The average molecular weight is 622 g/mol. The Hall–Kier alpha value is -3.50. The van der Waals surface area contributed by atoms with Crippen molar-refractivity contribution >= 4 is 34.5 Å². The normalized spacial score (nSPS) is 13.0. The number of rotatable bonds is 13. The summed E-state index contributed by atoms with van der Waals surface area (Å²) in [7, 11) is 0. The summed E-state index contributed by atoms with van der Waals surface area (Å²) in [6, 6.07) is 21.5. The van der Waals surface area contributed by atoms with Crippen LogP contribution >= 0.6 is 11.6 Å². The molecule has 228 valence electrons. The number of H-pyrrole nitrogens is 1. The second-order valence-electron chi connectivity index (χ2n) is 11.8. The smallest absolute Gasteiger partial charge is 0.251 e. The lowest BCUT2D eigenvalue weighted by atomic mass is 9.92. The Balaban J connectivity index is 1.37. The fraction of sp³-hybridized carbons (Fsp3) is 0.333. The summed E-state index contributed by atoms with van der Waals surface area (Å²) in [5.74, 6) is 0.660. The van der Waals surface area contributed by atoms with Crippen LogP contribution < -0.4 is 9.62 Å². The first-order chi connectivity index (χ1) is 20.5. The molecular weight excluding hydrogens is 584 g/mol. The van der Waals surface area contributed by atoms with Gasteiger partial charge in [0.15, 0.2) is 0 Å². The van der Waals surface area contributed by atoms with Crippen molar-refractivity contribution in [1.82, 2.24) is 15.3 Å². The van der Waals surface area contributed by atoms with E-state index in [0.29, 0.717) is 35.5 Å². The van der Waals surface area contributed by atoms with Crippen molar-refractivity contribution in [3.8, 4) is 11.3 Å². The van der Waals surface area contributed by atoms with Gasteiger partial charge in [-0.1, -0.05) is 74.8 Å². The van der Waals surface area contributed by atoms with Crippen LogP contribution in [0.2, 0.25) is 5.02 Å². The number of anilines is 1. The van der Waals surface area contributed by atoms with Crippen LogP contribution in [0.1, 0.15) is 54.5 Å². The van der Waals surface area contributed by atoms with E-state index in [1.54, 1.807) is 30.3 Å². The molecule has 3 aromatic carbocycles. The first-order valence-electron chi connectivity index (χ1n) is 14.3. The second kappa shape index (κ2) is 14.8. The summed E-state index contributed by atoms with van der Waals surface area (Å²) in [6.45, 7) is 6.68. The Labute approximate surface area is 260 Å². The minimum Gasteiger partial charge on any atom is -0.755 e. The van der Waals surface area contributed by atoms with Crippen molar-refractivity contribution < 1.29 is 18.7 Å². The van der Waals surface area contributed by atoms with Crippen LogP contribution in [0, 0.1) is 5.41 Å². The third kappa shape index (κ3) is 9.49. The number of hydrogen-bond acceptors (Lipinski definition) is 5. The number of carbonyl (C=O) groups is 1. The lowest BCUT2D eigenvalue weighted by molar-refractivity contribution is 0.0930. The third-order valence-corrected chi connectivity index (χ3v) is 8.15. The highest BCUT2D eigenvalue weighted by atomic mass is 35.5. The molecule has 2 atom stereocenters. The zero-order chi connectivity index (χ0) is 31.0. The van der Waals surface area contributed by atoms with Gasteiger partial charge in [-0.25, -0.2) is 4.98 Å². The SMILES string of the molecule is CC(C)(C)Cc1ncc(-c2ccc(CC(CCO)NC(=O)c3ccc(N(CCc4ccccc4Cl)S(=O)[O-])cc3)cc2)[nH]1. The van der Waals surface area contributed by atoms with E-state index < -0.39 is 11.3 Å². The van der Waals surface area contributed by atoms with E-state index in [1.807, 2.05) is 48.7 Å². The standard InChI is InChI=1S/C33H39ClN4O4S/c1-33(2,3)21-31-35-22-30(37-31)25-10-8-23(9-11-25)20-27(17-19-39)36-32(40)26-12-14-28(15-13-26)38(43(41)42)18-16-24-6-4-5-7-29(24)34/h4-15,22,27,39H,16-21H2,1-3H3,(H,35,37)(H,36,40)(H,41,42)/p-1. The number of hydrogen-bond donors (Lipinski definition) is 3. The van der Waals surface area contributed by atoms with E-state index in [9.17, 15) is 18.7 Å². The number of aromatic amines is 1. The average Bonchev–Trinajstić information content (AvgIpc) is 3.41. The van der Waals surface area contributed by atoms with Crippen LogP contribution in [0.3, 0.4) is 0 Å². The molecular formula is C33H38ClN4O4S-. The zero-order valence-corrected chi connectivity index (χ0v) is 26.3. The summed E-state index contributed by atoms with van der Waals surface area (Å²) in [5, 5.41) is 13.2. The van der Waals surface area contributed by atoms with E-state index in [2.05, 4.69) is 36.1 Å². The zero-order valence-electron chi connectivity index (χ0n) is 24.7. The van der Waals surface area contributed by atoms with Crippen molar-refractivity contribution in [2.75, 3.05) is 17.5 Å². The number of amides is 1. The van der Waals surface area contributed by atoms with E-state index in [4.69, 9.17) is 11.6 Å². The minimum absolute atomic E-state index is 0.0671. The van der Waals surface area contributed by atoms with Gasteiger partial charge < -0.3 is 24.3 Å². The Morgan fingerprint density at radius 2 is 1.79 bits per heavy atom. The van der Waals surface area contributed by atoms with Crippen LogP contribution in [0.15, 0.2) is 79.0 Å². The molecule has 43 heavy (non-hydrogen) atoms. The van der Waals surface area contributed by atoms with Gasteiger partial charge in [0.2, 0.25) is 0 Å². The molecule has 1 heterocycles. The first kappa shape index (κ1) is 32.4. The van der Waals surface area contributed by atoms with Crippen molar-refractivity contribution in [3.63, 3.8) is 0 Å². The predicted molar refractivity (Wildman–Crippen MR) is 172 cm³/mol. The van der Waals surface area contributed by atoms with E-state index >= 15 is 0 Å². The fourth-order valence-electron chi connectivity index (χ4n) is 4.85. The molecule has 0 fully saturated rings. The molecule has 4 aromatic rings. The number of aliphatic hydroxyl groups excluding tert-OH is 1. The number of aromatic nitrogens is 2. The molecule has 0 aliphatic carbocycles. The fourth-order valence-corrected chi connectivity index (χ4v) is 5.61. The van der Waals surface area contributed by atoms with Gasteiger partial charge in [0.25, 0.3) is 5.91 Å². The number of aliphatic hydroxyl groups is 1. The van der Waals surface area contributed by atoms with Gasteiger partial charge in [-0.15, -0.1) is 0 Å². The van der Waals surface area contributed by atoms with Crippen LogP contribution in [0.25, 0.3) is 11.3 Å². The van der Waals surface area contributed by atoms with Crippen LogP contribution in [0.4, 0.5) is 5.69 Å². The van der Waals surface area contributed by atoms with Gasteiger partial charge in [-0.3, -0.25) is 9.00 Å². The molecule has 0 bridgehead atoms. The van der Waals surface area contributed by atoms with Crippen molar-refractivity contribution in [1.29, 1.82) is 0 Å². The lowest BCUT2D eigenvalue weighted by Crippen LogP contribution is -2.37. The highest BCUT2D eigenvalue weighted by Gasteiger charge is 2.17. The third-order valence-electron chi connectivity index (χ3n) is 7.03. The van der Waals surface area contributed by atoms with Gasteiger partial charge in [0.05, 0.1) is 11.9 Å². The van der Waals surface area contributed by atoms with E-state index in [0.717, 1.165) is 34.6 Å². The van der Waals surface area contributed by atoms with Gasteiger partial charge in [0.1, 0.15) is 5.82 Å². The van der Waals surface area contributed by atoms with Gasteiger partial charge in [-0.05, 0) is 71.7 Å². The molecule has 0 saturated carbocycles. The number of nitrogens with one attached hydrogen (secondary N) is 2.